The molecule has 1 atom stereocenters. The Morgan fingerprint density at radius 2 is 2.28 bits per heavy atom. The van der Waals surface area contributed by atoms with E-state index in [2.05, 4.69) is 15.1 Å². The Balaban J connectivity index is 2.29. The van der Waals surface area contributed by atoms with Crippen molar-refractivity contribution in [1.29, 1.82) is 0 Å². The molecule has 0 aliphatic rings. The van der Waals surface area contributed by atoms with Gasteiger partial charge in [0.1, 0.15) is 6.10 Å². The molecule has 2 heterocycles. The molecule has 0 saturated carbocycles. The molecular formula is C11H13ClN4O2. The van der Waals surface area contributed by atoms with Crippen LogP contribution in [0.5, 0.6) is 0 Å². The molecule has 6 nitrogen and oxygen atoms in total. The lowest BCUT2D eigenvalue weighted by atomic mass is 10.2. The molecule has 1 N–H and O–H groups in total. The number of hydrogen-bond donors (Lipinski definition) is 1. The number of ether oxygens (including phenoxy) is 1. The van der Waals surface area contributed by atoms with Crippen molar-refractivity contribution in [2.45, 2.75) is 12.6 Å². The maximum absolute atomic E-state index is 10.3. The molecule has 96 valence electrons. The maximum atomic E-state index is 10.3. The summed E-state index contributed by atoms with van der Waals surface area (Å²) in [6.45, 7) is 0.994. The minimum absolute atomic E-state index is 0.393. The standard InChI is InChI=1S/C11H13ClN4O2/c1-18-5-4-16-10(8(12)6-15-16)11(17)9-7-13-2-3-14-9/h2-3,6-7,11,17H,4-5H2,1H3. The minimum Gasteiger partial charge on any atom is -0.383 e. The second-order valence-electron chi connectivity index (χ2n) is 3.63. The quantitative estimate of drug-likeness (QED) is 0.878. The highest BCUT2D eigenvalue weighted by Gasteiger charge is 2.20. The number of methoxy groups -OCH3 is 1. The van der Waals surface area contributed by atoms with Gasteiger partial charge in [-0.05, 0) is 0 Å². The third-order valence-electron chi connectivity index (χ3n) is 2.46. The largest absolute Gasteiger partial charge is 0.383 e. The molecule has 0 saturated heterocycles. The van der Waals surface area contributed by atoms with Gasteiger partial charge in [-0.15, -0.1) is 0 Å². The topological polar surface area (TPSA) is 73.1 Å². The van der Waals surface area contributed by atoms with Gasteiger partial charge in [0.25, 0.3) is 0 Å². The van der Waals surface area contributed by atoms with Crippen molar-refractivity contribution in [3.05, 3.63) is 41.2 Å². The normalized spacial score (nSPS) is 12.6. The molecule has 18 heavy (non-hydrogen) atoms. The number of aliphatic hydroxyl groups is 1. The second-order valence-corrected chi connectivity index (χ2v) is 4.03. The van der Waals surface area contributed by atoms with E-state index in [0.717, 1.165) is 0 Å². The Morgan fingerprint density at radius 3 is 2.94 bits per heavy atom. The zero-order valence-electron chi connectivity index (χ0n) is 9.82. The first-order chi connectivity index (χ1) is 8.74. The van der Waals surface area contributed by atoms with Crippen LogP contribution in [0.4, 0.5) is 0 Å². The summed E-state index contributed by atoms with van der Waals surface area (Å²) < 4.78 is 6.58. The number of rotatable bonds is 5. The van der Waals surface area contributed by atoms with Crippen LogP contribution >= 0.6 is 11.6 Å². The predicted molar refractivity (Wildman–Crippen MR) is 65.2 cm³/mol. The molecule has 2 aromatic heterocycles. The van der Waals surface area contributed by atoms with E-state index in [4.69, 9.17) is 16.3 Å². The zero-order chi connectivity index (χ0) is 13.0. The van der Waals surface area contributed by atoms with Gasteiger partial charge in [-0.2, -0.15) is 5.10 Å². The minimum atomic E-state index is -0.953. The lowest BCUT2D eigenvalue weighted by molar-refractivity contribution is 0.170. The van der Waals surface area contributed by atoms with Gasteiger partial charge in [0, 0.05) is 19.5 Å². The molecule has 2 rings (SSSR count). The molecule has 2 aromatic rings. The van der Waals surface area contributed by atoms with E-state index in [-0.39, 0.29) is 0 Å². The fraction of sp³-hybridized carbons (Fsp3) is 0.364. The summed E-state index contributed by atoms with van der Waals surface area (Å²) in [7, 11) is 1.60. The van der Waals surface area contributed by atoms with Crippen LogP contribution in [0.15, 0.2) is 24.8 Å². The van der Waals surface area contributed by atoms with Gasteiger partial charge in [0.15, 0.2) is 0 Å². The van der Waals surface area contributed by atoms with Crippen molar-refractivity contribution in [2.24, 2.45) is 0 Å². The van der Waals surface area contributed by atoms with Gasteiger partial charge in [-0.3, -0.25) is 14.6 Å². The van der Waals surface area contributed by atoms with Crippen molar-refractivity contribution in [3.8, 4) is 0 Å². The summed E-state index contributed by atoms with van der Waals surface area (Å²) in [4.78, 5) is 7.97. The fourth-order valence-corrected chi connectivity index (χ4v) is 1.84. The average Bonchev–Trinajstić information content (AvgIpc) is 2.77. The van der Waals surface area contributed by atoms with Gasteiger partial charge in [0.2, 0.25) is 0 Å². The van der Waals surface area contributed by atoms with Crippen LogP contribution in [0.1, 0.15) is 17.5 Å². The van der Waals surface area contributed by atoms with Crippen LogP contribution < -0.4 is 0 Å². The van der Waals surface area contributed by atoms with Gasteiger partial charge in [-0.25, -0.2) is 0 Å². The molecule has 0 spiro atoms. The molecule has 0 fully saturated rings. The molecule has 0 bridgehead atoms. The summed E-state index contributed by atoms with van der Waals surface area (Å²) >= 11 is 6.04. The third-order valence-corrected chi connectivity index (χ3v) is 2.75. The van der Waals surface area contributed by atoms with E-state index in [1.807, 2.05) is 0 Å². The van der Waals surface area contributed by atoms with E-state index in [9.17, 15) is 5.11 Å². The molecular weight excluding hydrogens is 256 g/mol. The van der Waals surface area contributed by atoms with Gasteiger partial charge in [-0.1, -0.05) is 11.6 Å². The van der Waals surface area contributed by atoms with Crippen LogP contribution in [0, 0.1) is 0 Å². The van der Waals surface area contributed by atoms with Crippen molar-refractivity contribution in [3.63, 3.8) is 0 Å². The van der Waals surface area contributed by atoms with Crippen molar-refractivity contribution < 1.29 is 9.84 Å². The summed E-state index contributed by atoms with van der Waals surface area (Å²) in [6.07, 6.45) is 5.09. The summed E-state index contributed by atoms with van der Waals surface area (Å²) in [5.74, 6) is 0. The van der Waals surface area contributed by atoms with Gasteiger partial charge >= 0.3 is 0 Å². The van der Waals surface area contributed by atoms with Crippen molar-refractivity contribution >= 4 is 11.6 Å². The van der Waals surface area contributed by atoms with E-state index in [0.29, 0.717) is 29.6 Å². The summed E-state index contributed by atoms with van der Waals surface area (Å²) in [5.41, 5.74) is 0.924. The van der Waals surface area contributed by atoms with Crippen molar-refractivity contribution in [1.82, 2.24) is 19.7 Å². The Morgan fingerprint density at radius 1 is 1.44 bits per heavy atom. The maximum Gasteiger partial charge on any atom is 0.140 e. The predicted octanol–water partition coefficient (Wildman–Crippen LogP) is 1.05. The number of halogens is 1. The van der Waals surface area contributed by atoms with Gasteiger partial charge < -0.3 is 9.84 Å². The van der Waals surface area contributed by atoms with E-state index >= 15 is 0 Å². The van der Waals surface area contributed by atoms with E-state index in [1.165, 1.54) is 18.6 Å². The monoisotopic (exact) mass is 268 g/mol. The first-order valence-electron chi connectivity index (χ1n) is 5.38. The molecule has 1 unspecified atom stereocenters. The Bertz CT molecular complexity index is 503. The lowest BCUT2D eigenvalue weighted by Crippen LogP contribution is -2.14. The highest BCUT2D eigenvalue weighted by atomic mass is 35.5. The Kier molecular flexibility index (Phi) is 4.24. The molecule has 0 aromatic carbocycles. The first-order valence-corrected chi connectivity index (χ1v) is 5.76. The molecule has 0 aliphatic heterocycles. The van der Waals surface area contributed by atoms with Crippen LogP contribution in [0.2, 0.25) is 5.02 Å². The number of aromatic nitrogens is 4. The van der Waals surface area contributed by atoms with E-state index < -0.39 is 6.10 Å². The highest BCUT2D eigenvalue weighted by Crippen LogP contribution is 2.26. The number of nitrogens with zero attached hydrogens (tertiary/aromatic N) is 4. The van der Waals surface area contributed by atoms with E-state index in [1.54, 1.807) is 18.0 Å². The molecule has 0 amide bonds. The summed E-state index contributed by atoms with van der Waals surface area (Å²) in [6, 6.07) is 0. The first kappa shape index (κ1) is 12.9. The second kappa shape index (κ2) is 5.90. The molecule has 0 aliphatic carbocycles. The van der Waals surface area contributed by atoms with Gasteiger partial charge in [0.05, 0.1) is 42.0 Å². The Labute approximate surface area is 109 Å². The van der Waals surface area contributed by atoms with Crippen LogP contribution in [0.25, 0.3) is 0 Å². The zero-order valence-corrected chi connectivity index (χ0v) is 10.6. The molecule has 7 heteroatoms. The van der Waals surface area contributed by atoms with Crippen LogP contribution in [0.3, 0.4) is 0 Å². The number of aliphatic hydroxyl groups excluding tert-OH is 1. The third kappa shape index (κ3) is 2.66. The smallest absolute Gasteiger partial charge is 0.140 e. The fourth-order valence-electron chi connectivity index (χ4n) is 1.59. The van der Waals surface area contributed by atoms with Crippen LogP contribution in [-0.4, -0.2) is 38.6 Å². The lowest BCUT2D eigenvalue weighted by Gasteiger charge is -2.13. The molecule has 0 radical (unpaired) electrons. The SMILES string of the molecule is COCCn1ncc(Cl)c1C(O)c1cnccn1. The average molecular weight is 269 g/mol. The highest BCUT2D eigenvalue weighted by molar-refractivity contribution is 6.31. The summed E-state index contributed by atoms with van der Waals surface area (Å²) in [5, 5.41) is 14.7. The van der Waals surface area contributed by atoms with Crippen molar-refractivity contribution in [2.75, 3.05) is 13.7 Å². The van der Waals surface area contributed by atoms with Crippen LogP contribution in [-0.2, 0) is 11.3 Å². The number of hydrogen-bond acceptors (Lipinski definition) is 5. The Hall–Kier alpha value is -1.50.